The van der Waals surface area contributed by atoms with E-state index in [1.165, 1.54) is 0 Å². The van der Waals surface area contributed by atoms with Gasteiger partial charge in [0.2, 0.25) is 5.91 Å². The molecule has 2 heterocycles. The van der Waals surface area contributed by atoms with Crippen LogP contribution in [0.4, 0.5) is 5.82 Å². The van der Waals surface area contributed by atoms with Crippen LogP contribution in [0.15, 0.2) is 30.9 Å². The van der Waals surface area contributed by atoms with Crippen molar-refractivity contribution in [1.82, 2.24) is 19.9 Å². The van der Waals surface area contributed by atoms with Gasteiger partial charge in [-0.2, -0.15) is 0 Å². The lowest BCUT2D eigenvalue weighted by atomic mass is 10.2. The first-order chi connectivity index (χ1) is 8.70. The number of nitrogens with zero attached hydrogens (tertiary/aromatic N) is 3. The monoisotopic (exact) mass is 245 g/mol. The lowest BCUT2D eigenvalue weighted by Crippen LogP contribution is -2.27. The lowest BCUT2D eigenvalue weighted by Gasteiger charge is -2.08. The molecule has 2 aromatic heterocycles. The van der Waals surface area contributed by atoms with Crippen LogP contribution in [-0.4, -0.2) is 27.0 Å². The van der Waals surface area contributed by atoms with E-state index in [0.29, 0.717) is 12.4 Å². The van der Waals surface area contributed by atoms with Crippen molar-refractivity contribution in [2.75, 3.05) is 12.3 Å². The molecule has 0 aliphatic carbocycles. The van der Waals surface area contributed by atoms with E-state index in [1.807, 2.05) is 13.0 Å². The van der Waals surface area contributed by atoms with Crippen LogP contribution in [0.3, 0.4) is 0 Å². The maximum Gasteiger partial charge on any atom is 0.239 e. The molecule has 0 aromatic carbocycles. The number of pyridine rings is 1. The molecule has 6 nitrogen and oxygen atoms in total. The average Bonchev–Trinajstić information content (AvgIpc) is 2.77. The zero-order chi connectivity index (χ0) is 13.0. The second-order valence-electron chi connectivity index (χ2n) is 3.83. The van der Waals surface area contributed by atoms with Gasteiger partial charge in [0.15, 0.2) is 0 Å². The molecule has 0 aliphatic rings. The maximum atomic E-state index is 11.6. The number of carbonyl (C=O) groups excluding carboxylic acids is 1. The molecule has 0 unspecified atom stereocenters. The second kappa shape index (κ2) is 5.31. The van der Waals surface area contributed by atoms with Gasteiger partial charge in [0.25, 0.3) is 0 Å². The molecule has 0 saturated carbocycles. The van der Waals surface area contributed by atoms with Crippen molar-refractivity contribution in [2.24, 2.45) is 0 Å². The molecule has 2 aromatic rings. The molecule has 0 saturated heterocycles. The molecular formula is C12H15N5O. The highest BCUT2D eigenvalue weighted by Crippen LogP contribution is 2.19. The molecule has 0 bridgehead atoms. The Labute approximate surface area is 105 Å². The zero-order valence-corrected chi connectivity index (χ0v) is 10.1. The number of likely N-dealkylation sites (N-methyl/N-ethyl adjacent to an activating group) is 1. The Morgan fingerprint density at radius 1 is 1.56 bits per heavy atom. The fourth-order valence-electron chi connectivity index (χ4n) is 1.70. The van der Waals surface area contributed by atoms with Crippen LogP contribution in [0.1, 0.15) is 6.92 Å². The van der Waals surface area contributed by atoms with Crippen LogP contribution < -0.4 is 11.1 Å². The first kappa shape index (κ1) is 12.1. The number of aromatic nitrogens is 3. The first-order valence-electron chi connectivity index (χ1n) is 5.69. The van der Waals surface area contributed by atoms with E-state index in [1.54, 1.807) is 29.4 Å². The summed E-state index contributed by atoms with van der Waals surface area (Å²) < 4.78 is 1.78. The van der Waals surface area contributed by atoms with Crippen molar-refractivity contribution in [3.63, 3.8) is 0 Å². The van der Waals surface area contributed by atoms with E-state index in [0.717, 1.165) is 11.3 Å². The Bertz CT molecular complexity index is 549. The third-order valence-electron chi connectivity index (χ3n) is 2.48. The van der Waals surface area contributed by atoms with Gasteiger partial charge >= 0.3 is 0 Å². The summed E-state index contributed by atoms with van der Waals surface area (Å²) in [4.78, 5) is 19.6. The van der Waals surface area contributed by atoms with Gasteiger partial charge in [-0.3, -0.25) is 4.79 Å². The number of anilines is 1. The van der Waals surface area contributed by atoms with Gasteiger partial charge in [-0.1, -0.05) is 0 Å². The van der Waals surface area contributed by atoms with E-state index in [2.05, 4.69) is 15.3 Å². The molecule has 0 radical (unpaired) electrons. The van der Waals surface area contributed by atoms with Crippen LogP contribution in [0.2, 0.25) is 0 Å². The Morgan fingerprint density at radius 3 is 3.11 bits per heavy atom. The van der Waals surface area contributed by atoms with Crippen LogP contribution in [-0.2, 0) is 11.3 Å². The fourth-order valence-corrected chi connectivity index (χ4v) is 1.70. The molecule has 0 atom stereocenters. The van der Waals surface area contributed by atoms with Crippen molar-refractivity contribution in [3.05, 3.63) is 30.9 Å². The largest absolute Gasteiger partial charge is 0.384 e. The van der Waals surface area contributed by atoms with Crippen molar-refractivity contribution in [2.45, 2.75) is 13.5 Å². The summed E-state index contributed by atoms with van der Waals surface area (Å²) in [6, 6.07) is 3.59. The molecule has 0 aliphatic heterocycles. The maximum absolute atomic E-state index is 11.6. The number of nitrogens with one attached hydrogen (secondary N) is 1. The van der Waals surface area contributed by atoms with Gasteiger partial charge in [-0.05, 0) is 19.1 Å². The van der Waals surface area contributed by atoms with Crippen molar-refractivity contribution < 1.29 is 4.79 Å². The summed E-state index contributed by atoms with van der Waals surface area (Å²) in [5, 5.41) is 2.75. The molecule has 2 rings (SSSR count). The van der Waals surface area contributed by atoms with Crippen LogP contribution in [0.25, 0.3) is 11.3 Å². The molecule has 0 fully saturated rings. The highest BCUT2D eigenvalue weighted by Gasteiger charge is 2.08. The quantitative estimate of drug-likeness (QED) is 0.828. The number of rotatable bonds is 4. The summed E-state index contributed by atoms with van der Waals surface area (Å²) in [6.45, 7) is 2.74. The predicted molar refractivity (Wildman–Crippen MR) is 68.6 cm³/mol. The fraction of sp³-hybridized carbons (Fsp3) is 0.250. The average molecular weight is 245 g/mol. The third-order valence-corrected chi connectivity index (χ3v) is 2.48. The van der Waals surface area contributed by atoms with E-state index in [9.17, 15) is 4.79 Å². The smallest absolute Gasteiger partial charge is 0.239 e. The normalized spacial score (nSPS) is 10.3. The minimum atomic E-state index is -0.0428. The standard InChI is InChI=1S/C12H15N5O/c1-2-15-12(18)7-17-8-14-6-10(17)9-3-4-16-11(13)5-9/h3-6,8H,2,7H2,1H3,(H2,13,16)(H,15,18). The number of imidazole rings is 1. The molecule has 18 heavy (non-hydrogen) atoms. The number of carbonyl (C=O) groups is 1. The van der Waals surface area contributed by atoms with Crippen LogP contribution in [0, 0.1) is 0 Å². The van der Waals surface area contributed by atoms with E-state index in [4.69, 9.17) is 5.73 Å². The number of nitrogens with two attached hydrogens (primary N) is 1. The SMILES string of the molecule is CCNC(=O)Cn1cncc1-c1ccnc(N)c1. The van der Waals surface area contributed by atoms with Crippen molar-refractivity contribution >= 4 is 11.7 Å². The molecular weight excluding hydrogens is 230 g/mol. The molecule has 6 heteroatoms. The van der Waals surface area contributed by atoms with Gasteiger partial charge in [0.05, 0.1) is 18.2 Å². The Hall–Kier alpha value is -2.37. The van der Waals surface area contributed by atoms with Gasteiger partial charge in [0.1, 0.15) is 12.4 Å². The van der Waals surface area contributed by atoms with Gasteiger partial charge in [0, 0.05) is 18.3 Å². The van der Waals surface area contributed by atoms with Gasteiger partial charge in [-0.25, -0.2) is 9.97 Å². The van der Waals surface area contributed by atoms with Gasteiger partial charge < -0.3 is 15.6 Å². The van der Waals surface area contributed by atoms with Crippen LogP contribution >= 0.6 is 0 Å². The highest BCUT2D eigenvalue weighted by molar-refractivity contribution is 5.76. The second-order valence-corrected chi connectivity index (χ2v) is 3.83. The number of amides is 1. The zero-order valence-electron chi connectivity index (χ0n) is 10.1. The summed E-state index contributed by atoms with van der Waals surface area (Å²) in [5.41, 5.74) is 7.38. The molecule has 1 amide bonds. The van der Waals surface area contributed by atoms with E-state index >= 15 is 0 Å². The Morgan fingerprint density at radius 2 is 2.39 bits per heavy atom. The Kier molecular flexibility index (Phi) is 3.57. The highest BCUT2D eigenvalue weighted by atomic mass is 16.1. The van der Waals surface area contributed by atoms with Crippen LogP contribution in [0.5, 0.6) is 0 Å². The topological polar surface area (TPSA) is 85.8 Å². The minimum Gasteiger partial charge on any atom is -0.384 e. The Balaban J connectivity index is 2.25. The van der Waals surface area contributed by atoms with Gasteiger partial charge in [-0.15, -0.1) is 0 Å². The summed E-state index contributed by atoms with van der Waals surface area (Å²) in [6.07, 6.45) is 4.96. The predicted octanol–water partition coefficient (Wildman–Crippen LogP) is 0.663. The van der Waals surface area contributed by atoms with Crippen molar-refractivity contribution in [3.8, 4) is 11.3 Å². The number of nitrogen functional groups attached to an aromatic ring is 1. The first-order valence-corrected chi connectivity index (χ1v) is 5.69. The number of hydrogen-bond acceptors (Lipinski definition) is 4. The molecule has 0 spiro atoms. The van der Waals surface area contributed by atoms with Crippen molar-refractivity contribution in [1.29, 1.82) is 0 Å². The molecule has 3 N–H and O–H groups in total. The van der Waals surface area contributed by atoms with E-state index < -0.39 is 0 Å². The lowest BCUT2D eigenvalue weighted by molar-refractivity contribution is -0.121. The minimum absolute atomic E-state index is 0.0428. The summed E-state index contributed by atoms with van der Waals surface area (Å²) >= 11 is 0. The summed E-state index contributed by atoms with van der Waals surface area (Å²) in [5.74, 6) is 0.400. The van der Waals surface area contributed by atoms with E-state index in [-0.39, 0.29) is 12.5 Å². The summed E-state index contributed by atoms with van der Waals surface area (Å²) in [7, 11) is 0. The molecule has 94 valence electrons. The third kappa shape index (κ3) is 2.65. The number of hydrogen-bond donors (Lipinski definition) is 2.